The molecule has 4 aliphatic rings. The number of nitrogens with zero attached hydrogens (tertiary/aromatic N) is 3. The number of aromatic amines is 2. The van der Waals surface area contributed by atoms with E-state index in [1.165, 1.54) is 137 Å². The van der Waals surface area contributed by atoms with Gasteiger partial charge in [0.1, 0.15) is 13.1 Å². The van der Waals surface area contributed by atoms with Gasteiger partial charge in [-0.25, -0.2) is 0 Å². The molecule has 0 radical (unpaired) electrons. The van der Waals surface area contributed by atoms with Gasteiger partial charge in [0.15, 0.2) is 0 Å². The first-order valence-electron chi connectivity index (χ1n) is 26.9. The number of benzene rings is 5. The number of hydrogen-bond acceptors (Lipinski definition) is 6. The van der Waals surface area contributed by atoms with Crippen molar-refractivity contribution in [3.05, 3.63) is 183 Å². The lowest BCUT2D eigenvalue weighted by atomic mass is 9.73. The van der Waals surface area contributed by atoms with Gasteiger partial charge in [-0.15, -0.1) is 0 Å². The summed E-state index contributed by atoms with van der Waals surface area (Å²) >= 11 is 0. The summed E-state index contributed by atoms with van der Waals surface area (Å²) in [7, 11) is 2.11. The van der Waals surface area contributed by atoms with Crippen LogP contribution in [0.2, 0.25) is 0 Å². The molecule has 2 unspecified atom stereocenters. The summed E-state index contributed by atoms with van der Waals surface area (Å²) in [6.07, 6.45) is 18.8. The second-order valence-corrected chi connectivity index (χ2v) is 20.7. The number of aryl methyl sites for hydroxylation is 1. The first-order chi connectivity index (χ1) is 35.7. The van der Waals surface area contributed by atoms with Gasteiger partial charge in [-0.3, -0.25) is 14.8 Å². The molecule has 2 aliphatic carbocycles. The third kappa shape index (κ3) is 11.5. The minimum atomic E-state index is 0.363. The van der Waals surface area contributed by atoms with Crippen LogP contribution in [0.25, 0.3) is 44.9 Å². The quantitative estimate of drug-likeness (QED) is 0.138. The molecular weight excluding hydrogens is 897 g/mol. The Bertz CT molecular complexity index is 3190. The van der Waals surface area contributed by atoms with Crippen molar-refractivity contribution < 1.29 is 9.59 Å². The van der Waals surface area contributed by atoms with Gasteiger partial charge >= 0.3 is 0 Å². The number of carbonyl (C=O) groups is 2. The second-order valence-electron chi connectivity index (χ2n) is 20.7. The zero-order chi connectivity index (χ0) is 51.4. The lowest BCUT2D eigenvalue weighted by Crippen LogP contribution is -2.41. The van der Waals surface area contributed by atoms with Crippen molar-refractivity contribution in [2.24, 2.45) is 0 Å². The highest BCUT2D eigenvalue weighted by atomic mass is 16.1. The van der Waals surface area contributed by atoms with E-state index in [1.54, 1.807) is 16.7 Å². The van der Waals surface area contributed by atoms with Crippen LogP contribution in [0, 0.1) is 0 Å². The lowest BCUT2D eigenvalue weighted by Gasteiger charge is -2.40. The van der Waals surface area contributed by atoms with Gasteiger partial charge in [0.2, 0.25) is 0 Å². The Morgan fingerprint density at radius 2 is 1.16 bits per heavy atom. The average molecular weight is 975 g/mol. The van der Waals surface area contributed by atoms with Crippen molar-refractivity contribution in [2.45, 2.75) is 122 Å². The molecule has 2 aliphatic heterocycles. The van der Waals surface area contributed by atoms with Crippen LogP contribution in [0.5, 0.6) is 0 Å². The maximum Gasteiger partial charge on any atom is 0.116 e. The van der Waals surface area contributed by atoms with Crippen molar-refractivity contribution in [3.63, 3.8) is 0 Å². The topological polar surface area (TPSA) is 97.1 Å². The van der Waals surface area contributed by atoms with Crippen LogP contribution in [-0.2, 0) is 39.9 Å². The van der Waals surface area contributed by atoms with E-state index < -0.39 is 0 Å². The molecule has 2 saturated heterocycles. The maximum absolute atomic E-state index is 8.81. The number of nitrogens with one attached hydrogen (secondary N) is 3. The van der Waals surface area contributed by atoms with Crippen molar-refractivity contribution in [2.75, 3.05) is 33.2 Å². The smallest absolute Gasteiger partial charge is 0.116 e. The van der Waals surface area contributed by atoms with E-state index >= 15 is 0 Å². The zero-order valence-corrected chi connectivity index (χ0v) is 44.4. The molecule has 2 spiro atoms. The van der Waals surface area contributed by atoms with Crippen LogP contribution in [0.3, 0.4) is 0 Å². The van der Waals surface area contributed by atoms with Gasteiger partial charge in [-0.05, 0) is 197 Å². The number of aromatic nitrogens is 3. The fourth-order valence-corrected chi connectivity index (χ4v) is 12.8. The summed E-state index contributed by atoms with van der Waals surface area (Å²) in [5, 5.41) is 10.2. The predicted molar refractivity (Wildman–Crippen MR) is 305 cm³/mol. The number of carbonyl (C=O) groups excluding carboxylic acids is 2. The molecule has 0 bridgehead atoms. The normalized spacial score (nSPS) is 19.0. The first-order valence-corrected chi connectivity index (χ1v) is 26.9. The number of para-hydroxylation sites is 1. The van der Waals surface area contributed by atoms with E-state index in [1.807, 2.05) is 31.3 Å². The number of hydrogen-bond donors (Lipinski definition) is 3. The Labute approximate surface area is 434 Å². The molecule has 5 aromatic carbocycles. The van der Waals surface area contributed by atoms with Crippen LogP contribution >= 0.6 is 0 Å². The van der Waals surface area contributed by atoms with Crippen LogP contribution in [0.4, 0.5) is 0 Å². The van der Waals surface area contributed by atoms with Crippen molar-refractivity contribution in [3.8, 4) is 0 Å². The van der Waals surface area contributed by atoms with Crippen LogP contribution in [0.1, 0.15) is 130 Å². The van der Waals surface area contributed by atoms with Crippen LogP contribution in [-0.4, -0.2) is 71.1 Å². The van der Waals surface area contributed by atoms with Gasteiger partial charge in [-0.1, -0.05) is 112 Å². The highest BCUT2D eigenvalue weighted by Gasteiger charge is 2.45. The second kappa shape index (κ2) is 24.5. The highest BCUT2D eigenvalue weighted by Crippen LogP contribution is 2.52. The monoisotopic (exact) mass is 975 g/mol. The SMILES string of the molecule is C/C=c1\c(=C/CC)[nH]c2ccc(CN3CCC4(CC3)CC(C)c3ccccc34)cc12.C=O.CC=O.CCc1ccncc1.CNC1CC2(CCN(Cc3ccc4[nH]c5ccccc5c4c3)CC2)c2ccccc21. The van der Waals surface area contributed by atoms with Gasteiger partial charge in [-0.2, -0.15) is 0 Å². The Balaban J connectivity index is 0.000000157. The molecule has 2 atom stereocenters. The third-order valence-electron chi connectivity index (χ3n) is 16.4. The van der Waals surface area contributed by atoms with E-state index in [9.17, 15) is 0 Å². The number of H-pyrrole nitrogens is 2. The minimum Gasteiger partial charge on any atom is -0.355 e. The summed E-state index contributed by atoms with van der Waals surface area (Å²) in [4.78, 5) is 33.1. The standard InChI is InChI=1S/C28H34N2.C27H29N3.C7H9N.C2H4O.CH2O/c1-4-8-26-22(5-2)24-17-21(11-12-27(24)29-26)19-30-15-13-28(14-16-30)18-20(3)23-9-6-7-10-25(23)28;1-28-26-17-27(23-8-4-2-7-21(23)26)12-14-30(15-13-27)18-19-10-11-25-22(16-19)20-6-3-5-9-24(20)29-25;1-2-7-3-5-8-6-4-7;1-2-3;1-2/h5-12,17,20,29H,4,13-16,18-19H2,1-3H3;2-11,16,26,28-29H,12-15,17-18H2,1H3;3-6H,2H2,1H3;2H,1H3;1H2/b22-5-,26-8+;;;;. The molecule has 8 heteroatoms. The van der Waals surface area contributed by atoms with Crippen LogP contribution < -0.4 is 15.9 Å². The Kier molecular flexibility index (Phi) is 17.8. The summed E-state index contributed by atoms with van der Waals surface area (Å²) in [6.45, 7) is 19.2. The molecule has 8 aromatic rings. The molecule has 73 heavy (non-hydrogen) atoms. The number of likely N-dealkylation sites (tertiary alicyclic amines) is 2. The molecule has 8 nitrogen and oxygen atoms in total. The molecule has 5 heterocycles. The van der Waals surface area contributed by atoms with Gasteiger partial charge < -0.3 is 24.9 Å². The van der Waals surface area contributed by atoms with Crippen LogP contribution in [0.15, 0.2) is 134 Å². The zero-order valence-electron chi connectivity index (χ0n) is 44.4. The number of rotatable bonds is 7. The highest BCUT2D eigenvalue weighted by molar-refractivity contribution is 6.07. The van der Waals surface area contributed by atoms with Crippen molar-refractivity contribution in [1.82, 2.24) is 30.1 Å². The molecule has 3 aromatic heterocycles. The van der Waals surface area contributed by atoms with Gasteiger partial charge in [0, 0.05) is 74.8 Å². The third-order valence-corrected chi connectivity index (χ3v) is 16.4. The minimum absolute atomic E-state index is 0.363. The fourth-order valence-electron chi connectivity index (χ4n) is 12.8. The number of pyridine rings is 1. The van der Waals surface area contributed by atoms with E-state index in [2.05, 4.69) is 186 Å². The molecule has 380 valence electrons. The Morgan fingerprint density at radius 1 is 0.644 bits per heavy atom. The largest absolute Gasteiger partial charge is 0.355 e. The predicted octanol–water partition coefficient (Wildman–Crippen LogP) is 12.4. The fraction of sp³-hybridized carbons (Fsp3) is 0.369. The Morgan fingerprint density at radius 3 is 1.74 bits per heavy atom. The summed E-state index contributed by atoms with van der Waals surface area (Å²) in [5.74, 6) is 0.710. The molecule has 0 amide bonds. The maximum atomic E-state index is 8.81. The number of fused-ring (bicyclic) bond motifs is 8. The molecule has 3 N–H and O–H groups in total. The van der Waals surface area contributed by atoms with Crippen molar-refractivity contribution >= 4 is 57.9 Å². The van der Waals surface area contributed by atoms with Gasteiger partial charge in [0.25, 0.3) is 0 Å². The summed E-state index contributed by atoms with van der Waals surface area (Å²) in [6, 6.07) is 45.4. The number of aldehydes is 1. The Hall–Kier alpha value is -6.45. The van der Waals surface area contributed by atoms with E-state index in [0.717, 1.165) is 32.2 Å². The van der Waals surface area contributed by atoms with E-state index in [4.69, 9.17) is 9.59 Å². The molecule has 0 saturated carbocycles. The van der Waals surface area contributed by atoms with E-state index in [-0.39, 0.29) is 0 Å². The van der Waals surface area contributed by atoms with Crippen molar-refractivity contribution in [1.29, 1.82) is 0 Å². The first kappa shape index (κ1) is 52.9. The van der Waals surface area contributed by atoms with E-state index in [0.29, 0.717) is 22.8 Å². The molecule has 2 fully saturated rings. The summed E-state index contributed by atoms with van der Waals surface area (Å²) in [5.41, 5.74) is 15.1. The average Bonchev–Trinajstić information content (AvgIpc) is 4.16. The molecular formula is C65H78N6O2. The number of piperidine rings is 2. The molecule has 12 rings (SSSR count). The lowest BCUT2D eigenvalue weighted by molar-refractivity contribution is -0.106. The van der Waals surface area contributed by atoms with Gasteiger partial charge in [0.05, 0.1) is 0 Å². The summed E-state index contributed by atoms with van der Waals surface area (Å²) < 4.78 is 0.